The molecule has 3 rings (SSSR count). The maximum absolute atomic E-state index is 5.95. The number of hydrogen-bond donors (Lipinski definition) is 1. The van der Waals surface area contributed by atoms with E-state index in [2.05, 4.69) is 35.6 Å². The van der Waals surface area contributed by atoms with Crippen molar-refractivity contribution in [2.45, 2.75) is 52.6 Å². The summed E-state index contributed by atoms with van der Waals surface area (Å²) in [5.41, 5.74) is 8.53. The molecule has 1 aromatic heterocycles. The summed E-state index contributed by atoms with van der Waals surface area (Å²) >= 11 is 0. The molecule has 0 saturated carbocycles. The highest BCUT2D eigenvalue weighted by molar-refractivity contribution is 5.53. The number of anilines is 2. The zero-order chi connectivity index (χ0) is 15.0. The smallest absolute Gasteiger partial charge is 0.222 e. The average Bonchev–Trinajstić information content (AvgIpc) is 2.45. The third kappa shape index (κ3) is 2.98. The molecule has 5 heteroatoms. The zero-order valence-electron chi connectivity index (χ0n) is 13.4. The molecular formula is C16H26N4O. The first-order chi connectivity index (χ1) is 9.95. The Morgan fingerprint density at radius 1 is 1.19 bits per heavy atom. The van der Waals surface area contributed by atoms with Crippen LogP contribution in [0, 0.1) is 5.41 Å². The Morgan fingerprint density at radius 2 is 1.95 bits per heavy atom. The number of nitrogens with two attached hydrogens (primary N) is 1. The van der Waals surface area contributed by atoms with Gasteiger partial charge in [-0.2, -0.15) is 4.98 Å². The highest BCUT2D eigenvalue weighted by Crippen LogP contribution is 2.32. The molecule has 21 heavy (non-hydrogen) atoms. The van der Waals surface area contributed by atoms with Gasteiger partial charge in [0.25, 0.3) is 0 Å². The van der Waals surface area contributed by atoms with Crippen LogP contribution in [0.3, 0.4) is 0 Å². The highest BCUT2D eigenvalue weighted by atomic mass is 16.5. The molecule has 1 aromatic rings. The Hall–Kier alpha value is -1.36. The first-order valence-electron chi connectivity index (χ1n) is 7.97. The number of aryl methyl sites for hydroxylation is 1. The van der Waals surface area contributed by atoms with Crippen LogP contribution >= 0.6 is 0 Å². The zero-order valence-corrected chi connectivity index (χ0v) is 13.4. The fourth-order valence-electron chi connectivity index (χ4n) is 3.22. The number of fused-ring (bicyclic) bond motifs is 1. The van der Waals surface area contributed by atoms with E-state index >= 15 is 0 Å². The van der Waals surface area contributed by atoms with Crippen molar-refractivity contribution in [3.05, 3.63) is 11.3 Å². The first kappa shape index (κ1) is 14.6. The van der Waals surface area contributed by atoms with E-state index in [4.69, 9.17) is 10.5 Å². The normalized spacial score (nSPS) is 23.0. The lowest BCUT2D eigenvalue weighted by Gasteiger charge is -2.41. The summed E-state index contributed by atoms with van der Waals surface area (Å²) < 4.78 is 5.95. The van der Waals surface area contributed by atoms with E-state index in [1.807, 2.05) is 0 Å². The maximum atomic E-state index is 5.95. The van der Waals surface area contributed by atoms with Crippen molar-refractivity contribution in [1.29, 1.82) is 0 Å². The second-order valence-electron chi connectivity index (χ2n) is 7.21. The molecule has 116 valence electrons. The Bertz CT molecular complexity index is 524. The minimum atomic E-state index is 0.136. The molecular weight excluding hydrogens is 264 g/mol. The van der Waals surface area contributed by atoms with Crippen LogP contribution in [0.25, 0.3) is 0 Å². The number of nitrogen functional groups attached to an aromatic ring is 1. The van der Waals surface area contributed by atoms with Crippen molar-refractivity contribution < 1.29 is 4.74 Å². The van der Waals surface area contributed by atoms with Crippen molar-refractivity contribution in [2.75, 3.05) is 30.3 Å². The van der Waals surface area contributed by atoms with E-state index < -0.39 is 0 Å². The SMILES string of the molecule is CC(C)(C)C1CN(c2nc(N)nc3c2CCCC3)CCO1. The molecule has 0 radical (unpaired) electrons. The summed E-state index contributed by atoms with van der Waals surface area (Å²) in [6, 6.07) is 0. The number of morpholine rings is 1. The average molecular weight is 290 g/mol. The van der Waals surface area contributed by atoms with Crippen LogP contribution in [0.2, 0.25) is 0 Å². The lowest BCUT2D eigenvalue weighted by atomic mass is 9.87. The third-order valence-corrected chi connectivity index (χ3v) is 4.51. The molecule has 1 aliphatic carbocycles. The van der Waals surface area contributed by atoms with Crippen LogP contribution in [-0.2, 0) is 17.6 Å². The molecule has 1 aliphatic heterocycles. The summed E-state index contributed by atoms with van der Waals surface area (Å²) in [4.78, 5) is 11.4. The molecule has 1 atom stereocenters. The Kier molecular flexibility index (Phi) is 3.78. The van der Waals surface area contributed by atoms with E-state index in [1.165, 1.54) is 18.4 Å². The highest BCUT2D eigenvalue weighted by Gasteiger charge is 2.32. The van der Waals surface area contributed by atoms with Gasteiger partial charge >= 0.3 is 0 Å². The molecule has 1 saturated heterocycles. The summed E-state index contributed by atoms with van der Waals surface area (Å²) in [5.74, 6) is 1.46. The fraction of sp³-hybridized carbons (Fsp3) is 0.750. The van der Waals surface area contributed by atoms with Crippen LogP contribution in [0.4, 0.5) is 11.8 Å². The number of hydrogen-bond acceptors (Lipinski definition) is 5. The second-order valence-corrected chi connectivity index (χ2v) is 7.21. The van der Waals surface area contributed by atoms with E-state index in [0.717, 1.165) is 44.0 Å². The van der Waals surface area contributed by atoms with Gasteiger partial charge < -0.3 is 15.4 Å². The van der Waals surface area contributed by atoms with Gasteiger partial charge in [-0.3, -0.25) is 0 Å². The summed E-state index contributed by atoms with van der Waals surface area (Å²) in [6.07, 6.45) is 4.75. The second kappa shape index (κ2) is 5.44. The van der Waals surface area contributed by atoms with Gasteiger partial charge in [0, 0.05) is 18.7 Å². The van der Waals surface area contributed by atoms with Crippen LogP contribution in [0.1, 0.15) is 44.9 Å². The lowest BCUT2D eigenvalue weighted by Crippen LogP contribution is -2.48. The van der Waals surface area contributed by atoms with Gasteiger partial charge in [0.05, 0.1) is 18.4 Å². The predicted molar refractivity (Wildman–Crippen MR) is 84.5 cm³/mol. The molecule has 1 fully saturated rings. The summed E-state index contributed by atoms with van der Waals surface area (Å²) in [5, 5.41) is 0. The Labute approximate surface area is 126 Å². The Balaban J connectivity index is 1.91. The summed E-state index contributed by atoms with van der Waals surface area (Å²) in [7, 11) is 0. The van der Waals surface area contributed by atoms with Gasteiger partial charge in [0.1, 0.15) is 5.82 Å². The molecule has 2 aliphatic rings. The first-order valence-corrected chi connectivity index (χ1v) is 7.97. The number of ether oxygens (including phenoxy) is 1. The molecule has 0 bridgehead atoms. The number of nitrogens with zero attached hydrogens (tertiary/aromatic N) is 3. The molecule has 2 heterocycles. The Morgan fingerprint density at radius 3 is 2.71 bits per heavy atom. The van der Waals surface area contributed by atoms with E-state index in [0.29, 0.717) is 5.95 Å². The summed E-state index contributed by atoms with van der Waals surface area (Å²) in [6.45, 7) is 9.20. The number of rotatable bonds is 1. The van der Waals surface area contributed by atoms with Crippen molar-refractivity contribution in [1.82, 2.24) is 9.97 Å². The van der Waals surface area contributed by atoms with E-state index in [1.54, 1.807) is 0 Å². The minimum Gasteiger partial charge on any atom is -0.374 e. The molecule has 0 amide bonds. The molecule has 5 nitrogen and oxygen atoms in total. The topological polar surface area (TPSA) is 64.3 Å². The van der Waals surface area contributed by atoms with E-state index in [9.17, 15) is 0 Å². The minimum absolute atomic E-state index is 0.136. The molecule has 0 spiro atoms. The molecule has 1 unspecified atom stereocenters. The predicted octanol–water partition coefficient (Wildman–Crippen LogP) is 2.19. The largest absolute Gasteiger partial charge is 0.374 e. The maximum Gasteiger partial charge on any atom is 0.222 e. The van der Waals surface area contributed by atoms with Gasteiger partial charge in [0.15, 0.2) is 0 Å². The third-order valence-electron chi connectivity index (χ3n) is 4.51. The monoisotopic (exact) mass is 290 g/mol. The van der Waals surface area contributed by atoms with E-state index in [-0.39, 0.29) is 11.5 Å². The van der Waals surface area contributed by atoms with Crippen LogP contribution in [0.5, 0.6) is 0 Å². The van der Waals surface area contributed by atoms with Gasteiger partial charge in [-0.1, -0.05) is 20.8 Å². The van der Waals surface area contributed by atoms with Gasteiger partial charge in [-0.15, -0.1) is 0 Å². The van der Waals surface area contributed by atoms with Crippen LogP contribution in [-0.4, -0.2) is 35.8 Å². The standard InChI is InChI=1S/C16H26N4O/c1-16(2,3)13-10-20(8-9-21-13)14-11-6-4-5-7-12(11)18-15(17)19-14/h13H,4-10H2,1-3H3,(H2,17,18,19). The lowest BCUT2D eigenvalue weighted by molar-refractivity contribution is -0.0268. The van der Waals surface area contributed by atoms with Crippen molar-refractivity contribution in [3.63, 3.8) is 0 Å². The van der Waals surface area contributed by atoms with Crippen molar-refractivity contribution in [2.24, 2.45) is 5.41 Å². The number of aromatic nitrogens is 2. The quantitative estimate of drug-likeness (QED) is 0.859. The molecule has 2 N–H and O–H groups in total. The van der Waals surface area contributed by atoms with Crippen molar-refractivity contribution in [3.8, 4) is 0 Å². The molecule has 0 aromatic carbocycles. The van der Waals surface area contributed by atoms with Gasteiger partial charge in [-0.05, 0) is 31.1 Å². The fourth-order valence-corrected chi connectivity index (χ4v) is 3.22. The van der Waals surface area contributed by atoms with Gasteiger partial charge in [0.2, 0.25) is 5.95 Å². The van der Waals surface area contributed by atoms with Crippen LogP contribution in [0.15, 0.2) is 0 Å². The van der Waals surface area contributed by atoms with Crippen LogP contribution < -0.4 is 10.6 Å². The van der Waals surface area contributed by atoms with Gasteiger partial charge in [-0.25, -0.2) is 4.98 Å². The van der Waals surface area contributed by atoms with Crippen molar-refractivity contribution >= 4 is 11.8 Å².